The Morgan fingerprint density at radius 1 is 1.40 bits per heavy atom. The zero-order valence-corrected chi connectivity index (χ0v) is 9.87. The Morgan fingerprint density at radius 2 is 2.00 bits per heavy atom. The van der Waals surface area contributed by atoms with Crippen LogP contribution in [0, 0.1) is 17.8 Å². The summed E-state index contributed by atoms with van der Waals surface area (Å²) < 4.78 is 4.78. The van der Waals surface area contributed by atoms with E-state index < -0.39 is 0 Å². The molecule has 0 aromatic rings. The van der Waals surface area contributed by atoms with Gasteiger partial charge in [0.05, 0.1) is 13.0 Å². The lowest BCUT2D eigenvalue weighted by atomic mass is 9.75. The van der Waals surface area contributed by atoms with E-state index in [1.54, 1.807) is 0 Å². The van der Waals surface area contributed by atoms with Crippen LogP contribution in [0.3, 0.4) is 0 Å². The molecule has 88 valence electrons. The Bertz CT molecular complexity index is 198. The number of ether oxygens (including phenoxy) is 1. The van der Waals surface area contributed by atoms with Crippen LogP contribution in [-0.2, 0) is 9.53 Å². The number of nitrogens with two attached hydrogens (primary N) is 1. The van der Waals surface area contributed by atoms with Crippen LogP contribution in [0.1, 0.15) is 39.0 Å². The van der Waals surface area contributed by atoms with Gasteiger partial charge in [0.1, 0.15) is 0 Å². The third-order valence-corrected chi connectivity index (χ3v) is 3.75. The second kappa shape index (κ2) is 6.11. The molecule has 0 amide bonds. The topological polar surface area (TPSA) is 52.3 Å². The quantitative estimate of drug-likeness (QED) is 0.726. The fraction of sp³-hybridized carbons (Fsp3) is 0.917. The maximum absolute atomic E-state index is 11.4. The summed E-state index contributed by atoms with van der Waals surface area (Å²) in [7, 11) is 1.47. The molecule has 0 aromatic heterocycles. The second-order valence-corrected chi connectivity index (χ2v) is 4.67. The second-order valence-electron chi connectivity index (χ2n) is 4.67. The van der Waals surface area contributed by atoms with Gasteiger partial charge in [0.25, 0.3) is 0 Å². The van der Waals surface area contributed by atoms with Crippen LogP contribution in [0.4, 0.5) is 0 Å². The van der Waals surface area contributed by atoms with Crippen molar-refractivity contribution in [3.8, 4) is 0 Å². The monoisotopic (exact) mass is 213 g/mol. The molecule has 0 saturated heterocycles. The summed E-state index contributed by atoms with van der Waals surface area (Å²) >= 11 is 0. The molecule has 1 saturated carbocycles. The number of carbonyl (C=O) groups excluding carboxylic acids is 1. The Balaban J connectivity index is 2.33. The van der Waals surface area contributed by atoms with Crippen LogP contribution < -0.4 is 5.73 Å². The summed E-state index contributed by atoms with van der Waals surface area (Å²) in [5, 5.41) is 0. The average molecular weight is 213 g/mol. The van der Waals surface area contributed by atoms with Crippen LogP contribution in [0.5, 0.6) is 0 Å². The van der Waals surface area contributed by atoms with Gasteiger partial charge in [-0.25, -0.2) is 0 Å². The SMILES string of the molecule is COC(=O)C(C)C1CCC(CCN)CC1. The maximum Gasteiger partial charge on any atom is 0.308 e. The van der Waals surface area contributed by atoms with E-state index in [2.05, 4.69) is 0 Å². The third kappa shape index (κ3) is 3.49. The molecular formula is C12H23NO2. The molecule has 0 spiro atoms. The van der Waals surface area contributed by atoms with Crippen molar-refractivity contribution in [1.82, 2.24) is 0 Å². The first-order chi connectivity index (χ1) is 7.19. The van der Waals surface area contributed by atoms with Gasteiger partial charge in [-0.1, -0.05) is 19.8 Å². The Morgan fingerprint density at radius 3 is 2.47 bits per heavy atom. The van der Waals surface area contributed by atoms with E-state index in [4.69, 9.17) is 10.5 Å². The smallest absolute Gasteiger partial charge is 0.308 e. The third-order valence-electron chi connectivity index (χ3n) is 3.75. The molecule has 3 heteroatoms. The highest BCUT2D eigenvalue weighted by atomic mass is 16.5. The molecule has 1 atom stereocenters. The van der Waals surface area contributed by atoms with Gasteiger partial charge in [-0.15, -0.1) is 0 Å². The summed E-state index contributed by atoms with van der Waals surface area (Å²) in [6.45, 7) is 2.78. The van der Waals surface area contributed by atoms with Gasteiger partial charge in [0.2, 0.25) is 0 Å². The predicted molar refractivity (Wildman–Crippen MR) is 60.3 cm³/mol. The first kappa shape index (κ1) is 12.5. The largest absolute Gasteiger partial charge is 0.469 e. The zero-order valence-electron chi connectivity index (χ0n) is 9.87. The fourth-order valence-electron chi connectivity index (χ4n) is 2.59. The van der Waals surface area contributed by atoms with Crippen molar-refractivity contribution in [2.75, 3.05) is 13.7 Å². The Labute approximate surface area is 92.4 Å². The molecule has 0 heterocycles. The predicted octanol–water partition coefficient (Wildman–Crippen LogP) is 1.95. The molecule has 1 rings (SSSR count). The summed E-state index contributed by atoms with van der Waals surface area (Å²) in [5.74, 6) is 1.31. The number of rotatable bonds is 4. The minimum absolute atomic E-state index is 0.0581. The number of esters is 1. The minimum Gasteiger partial charge on any atom is -0.469 e. The van der Waals surface area contributed by atoms with Gasteiger partial charge in [-0.3, -0.25) is 4.79 Å². The van der Waals surface area contributed by atoms with Crippen molar-refractivity contribution >= 4 is 5.97 Å². The first-order valence-electron chi connectivity index (χ1n) is 5.97. The Hall–Kier alpha value is -0.570. The number of hydrogen-bond donors (Lipinski definition) is 1. The molecule has 1 aliphatic carbocycles. The van der Waals surface area contributed by atoms with Crippen LogP contribution >= 0.6 is 0 Å². The van der Waals surface area contributed by atoms with Crippen LogP contribution in [0.15, 0.2) is 0 Å². The molecule has 0 aliphatic heterocycles. The molecule has 1 fully saturated rings. The molecule has 1 aliphatic rings. The maximum atomic E-state index is 11.4. The van der Waals surface area contributed by atoms with E-state index in [-0.39, 0.29) is 11.9 Å². The molecule has 2 N–H and O–H groups in total. The zero-order chi connectivity index (χ0) is 11.3. The number of methoxy groups -OCH3 is 1. The number of carbonyl (C=O) groups is 1. The summed E-state index contributed by atoms with van der Waals surface area (Å²) in [4.78, 5) is 11.4. The van der Waals surface area contributed by atoms with Crippen LogP contribution in [0.2, 0.25) is 0 Å². The summed E-state index contributed by atoms with van der Waals surface area (Å²) in [6, 6.07) is 0. The highest BCUT2D eigenvalue weighted by Crippen LogP contribution is 2.34. The molecule has 0 aromatic carbocycles. The fourth-order valence-corrected chi connectivity index (χ4v) is 2.59. The lowest BCUT2D eigenvalue weighted by Gasteiger charge is -2.30. The van der Waals surface area contributed by atoms with E-state index in [1.807, 2.05) is 6.92 Å². The van der Waals surface area contributed by atoms with Crippen LogP contribution in [-0.4, -0.2) is 19.6 Å². The molecule has 0 bridgehead atoms. The van der Waals surface area contributed by atoms with E-state index in [1.165, 1.54) is 20.0 Å². The van der Waals surface area contributed by atoms with Crippen molar-refractivity contribution in [2.24, 2.45) is 23.5 Å². The molecule has 1 unspecified atom stereocenters. The van der Waals surface area contributed by atoms with Gasteiger partial charge < -0.3 is 10.5 Å². The van der Waals surface area contributed by atoms with E-state index in [9.17, 15) is 4.79 Å². The lowest BCUT2D eigenvalue weighted by Crippen LogP contribution is -2.27. The Kier molecular flexibility index (Phi) is 5.09. The van der Waals surface area contributed by atoms with Gasteiger partial charge in [-0.05, 0) is 37.6 Å². The van der Waals surface area contributed by atoms with Crippen LogP contribution in [0.25, 0.3) is 0 Å². The lowest BCUT2D eigenvalue weighted by molar-refractivity contribution is -0.147. The van der Waals surface area contributed by atoms with Crippen molar-refractivity contribution in [1.29, 1.82) is 0 Å². The average Bonchev–Trinajstić information content (AvgIpc) is 2.28. The standard InChI is InChI=1S/C12H23NO2/c1-9(12(14)15-2)11-5-3-10(4-6-11)7-8-13/h9-11H,3-8,13H2,1-2H3. The minimum atomic E-state index is -0.0581. The van der Waals surface area contributed by atoms with Crippen molar-refractivity contribution in [3.63, 3.8) is 0 Å². The number of hydrogen-bond acceptors (Lipinski definition) is 3. The van der Waals surface area contributed by atoms with Gasteiger partial charge in [0.15, 0.2) is 0 Å². The molecule has 15 heavy (non-hydrogen) atoms. The van der Waals surface area contributed by atoms with Gasteiger partial charge >= 0.3 is 5.97 Å². The first-order valence-corrected chi connectivity index (χ1v) is 5.97. The molecule has 3 nitrogen and oxygen atoms in total. The van der Waals surface area contributed by atoms with Gasteiger partial charge in [-0.2, -0.15) is 0 Å². The van der Waals surface area contributed by atoms with E-state index in [0.29, 0.717) is 5.92 Å². The normalized spacial score (nSPS) is 28.5. The summed E-state index contributed by atoms with van der Waals surface area (Å²) in [5.41, 5.74) is 5.55. The van der Waals surface area contributed by atoms with Crippen molar-refractivity contribution < 1.29 is 9.53 Å². The molecular weight excluding hydrogens is 190 g/mol. The highest BCUT2D eigenvalue weighted by molar-refractivity contribution is 5.72. The van der Waals surface area contributed by atoms with Crippen molar-refractivity contribution in [2.45, 2.75) is 39.0 Å². The molecule has 0 radical (unpaired) electrons. The summed E-state index contributed by atoms with van der Waals surface area (Å²) in [6.07, 6.45) is 5.90. The van der Waals surface area contributed by atoms with E-state index >= 15 is 0 Å². The van der Waals surface area contributed by atoms with Gasteiger partial charge in [0, 0.05) is 0 Å². The van der Waals surface area contributed by atoms with Crippen molar-refractivity contribution in [3.05, 3.63) is 0 Å². The van der Waals surface area contributed by atoms with E-state index in [0.717, 1.165) is 31.7 Å². The highest BCUT2D eigenvalue weighted by Gasteiger charge is 2.29.